The Bertz CT molecular complexity index is 1440. The van der Waals surface area contributed by atoms with Gasteiger partial charge in [0.1, 0.15) is 16.5 Å². The molecule has 0 fully saturated rings. The second-order valence-electron chi connectivity index (χ2n) is 8.15. The minimum absolute atomic E-state index is 0.204. The summed E-state index contributed by atoms with van der Waals surface area (Å²) in [5.74, 6) is -2.20. The highest BCUT2D eigenvalue weighted by Crippen LogP contribution is 2.35. The fourth-order valence-corrected chi connectivity index (χ4v) is 3.95. The summed E-state index contributed by atoms with van der Waals surface area (Å²) in [6.07, 6.45) is -4.66. The van der Waals surface area contributed by atoms with Crippen LogP contribution >= 0.6 is 23.2 Å². The number of anilines is 2. The van der Waals surface area contributed by atoms with Crippen LogP contribution < -0.4 is 15.0 Å². The summed E-state index contributed by atoms with van der Waals surface area (Å²) in [5, 5.41) is 2.79. The third-order valence-electron chi connectivity index (χ3n) is 5.47. The molecule has 0 unspecified atom stereocenters. The van der Waals surface area contributed by atoms with Crippen LogP contribution in [0.3, 0.4) is 0 Å². The van der Waals surface area contributed by atoms with Gasteiger partial charge in [-0.15, -0.1) is 0 Å². The number of benzene rings is 3. The molecule has 37 heavy (non-hydrogen) atoms. The third kappa shape index (κ3) is 5.33. The van der Waals surface area contributed by atoms with E-state index >= 15 is 0 Å². The normalized spacial score (nSPS) is 13.9. The average molecular weight is 549 g/mol. The van der Waals surface area contributed by atoms with Crippen molar-refractivity contribution in [2.45, 2.75) is 20.0 Å². The minimum atomic E-state index is -4.66. The van der Waals surface area contributed by atoms with Gasteiger partial charge in [-0.25, -0.2) is 9.69 Å². The molecule has 3 aromatic rings. The number of esters is 1. The highest BCUT2D eigenvalue weighted by atomic mass is 35.5. The van der Waals surface area contributed by atoms with Crippen LogP contribution in [0.15, 0.2) is 71.4 Å². The molecular formula is C26H17Cl2F3N2O4. The standard InChI is InChI=1S/C26H17Cl2F3N2O4/c1-13-10-19(11-14(2)20(13)27)37-25(36)15-6-8-17(9-7-15)32-22-21(28)23(34)33(24(22)35)18-5-3-4-16(12-18)26(29,30)31/h3-12,32H,1-2H3. The molecule has 1 heterocycles. The van der Waals surface area contributed by atoms with Crippen molar-refractivity contribution in [2.24, 2.45) is 0 Å². The number of carbonyl (C=O) groups is 3. The van der Waals surface area contributed by atoms with Crippen LogP contribution in [-0.4, -0.2) is 17.8 Å². The molecule has 3 aromatic carbocycles. The van der Waals surface area contributed by atoms with Crippen molar-refractivity contribution >= 4 is 52.4 Å². The van der Waals surface area contributed by atoms with Gasteiger partial charge in [-0.1, -0.05) is 29.3 Å². The van der Waals surface area contributed by atoms with Crippen molar-refractivity contribution in [3.63, 3.8) is 0 Å². The molecular weight excluding hydrogens is 532 g/mol. The fraction of sp³-hybridized carbons (Fsp3) is 0.115. The Morgan fingerprint density at radius 3 is 2.14 bits per heavy atom. The topological polar surface area (TPSA) is 75.7 Å². The number of halogens is 5. The van der Waals surface area contributed by atoms with Gasteiger partial charge in [-0.05, 0) is 79.6 Å². The highest BCUT2D eigenvalue weighted by Gasteiger charge is 2.40. The lowest BCUT2D eigenvalue weighted by Gasteiger charge is -2.17. The Kier molecular flexibility index (Phi) is 7.03. The molecule has 0 spiro atoms. The quantitative estimate of drug-likeness (QED) is 0.220. The largest absolute Gasteiger partial charge is 0.423 e. The molecule has 1 aliphatic rings. The van der Waals surface area contributed by atoms with E-state index in [2.05, 4.69) is 5.32 Å². The highest BCUT2D eigenvalue weighted by molar-refractivity contribution is 6.53. The Hall–Kier alpha value is -3.82. The zero-order chi connectivity index (χ0) is 27.1. The maximum atomic E-state index is 13.1. The predicted octanol–water partition coefficient (Wildman–Crippen LogP) is 6.63. The van der Waals surface area contributed by atoms with Crippen LogP contribution in [0, 0.1) is 13.8 Å². The number of ether oxygens (including phenoxy) is 1. The van der Waals surface area contributed by atoms with E-state index in [1.54, 1.807) is 26.0 Å². The summed E-state index contributed by atoms with van der Waals surface area (Å²) < 4.78 is 44.6. The van der Waals surface area contributed by atoms with Gasteiger partial charge in [0.05, 0.1) is 16.8 Å². The number of alkyl halides is 3. The van der Waals surface area contributed by atoms with E-state index in [4.69, 9.17) is 27.9 Å². The van der Waals surface area contributed by atoms with Crippen LogP contribution in [0.5, 0.6) is 5.75 Å². The van der Waals surface area contributed by atoms with E-state index in [0.717, 1.165) is 23.3 Å². The SMILES string of the molecule is Cc1cc(OC(=O)c2ccc(NC3=C(Cl)C(=O)N(c4cccc(C(F)(F)F)c4)C3=O)cc2)cc(C)c1Cl. The molecule has 0 aliphatic carbocycles. The van der Waals surface area contributed by atoms with E-state index in [0.29, 0.717) is 27.4 Å². The van der Waals surface area contributed by atoms with Crippen LogP contribution in [0.4, 0.5) is 24.5 Å². The smallest absolute Gasteiger partial charge is 0.416 e. The van der Waals surface area contributed by atoms with Crippen molar-refractivity contribution in [3.8, 4) is 5.75 Å². The molecule has 0 saturated carbocycles. The molecule has 0 bridgehead atoms. The Balaban J connectivity index is 1.49. The first-order valence-corrected chi connectivity index (χ1v) is 11.4. The predicted molar refractivity (Wildman–Crippen MR) is 133 cm³/mol. The second-order valence-corrected chi connectivity index (χ2v) is 8.90. The number of rotatable bonds is 5. The number of nitrogens with zero attached hydrogens (tertiary/aromatic N) is 1. The number of hydrogen-bond acceptors (Lipinski definition) is 5. The Morgan fingerprint density at radius 2 is 1.54 bits per heavy atom. The van der Waals surface area contributed by atoms with Crippen molar-refractivity contribution in [3.05, 3.63) is 98.7 Å². The van der Waals surface area contributed by atoms with Crippen LogP contribution in [0.25, 0.3) is 0 Å². The van der Waals surface area contributed by atoms with Crippen molar-refractivity contribution < 1.29 is 32.3 Å². The molecule has 1 aliphatic heterocycles. The van der Waals surface area contributed by atoms with Gasteiger partial charge in [0, 0.05) is 10.7 Å². The van der Waals surface area contributed by atoms with E-state index in [-0.39, 0.29) is 16.9 Å². The van der Waals surface area contributed by atoms with Gasteiger partial charge >= 0.3 is 12.1 Å². The summed E-state index contributed by atoms with van der Waals surface area (Å²) in [7, 11) is 0. The first-order chi connectivity index (χ1) is 17.4. The van der Waals surface area contributed by atoms with Crippen molar-refractivity contribution in [1.29, 1.82) is 0 Å². The zero-order valence-electron chi connectivity index (χ0n) is 19.2. The molecule has 4 rings (SSSR count). The number of hydrogen-bond donors (Lipinski definition) is 1. The van der Waals surface area contributed by atoms with Crippen molar-refractivity contribution in [2.75, 3.05) is 10.2 Å². The van der Waals surface area contributed by atoms with Gasteiger partial charge in [0.15, 0.2) is 0 Å². The molecule has 0 aromatic heterocycles. The van der Waals surface area contributed by atoms with Crippen molar-refractivity contribution in [1.82, 2.24) is 0 Å². The Labute approximate surface area is 219 Å². The summed E-state index contributed by atoms with van der Waals surface area (Å²) in [4.78, 5) is 38.6. The monoisotopic (exact) mass is 548 g/mol. The van der Waals surface area contributed by atoms with Gasteiger partial charge in [-0.2, -0.15) is 13.2 Å². The maximum Gasteiger partial charge on any atom is 0.416 e. The maximum absolute atomic E-state index is 13.1. The first-order valence-electron chi connectivity index (χ1n) is 10.7. The van der Waals surface area contributed by atoms with Crippen LogP contribution in [0.2, 0.25) is 5.02 Å². The first kappa shape index (κ1) is 26.2. The summed E-state index contributed by atoms with van der Waals surface area (Å²) in [6.45, 7) is 3.58. The fourth-order valence-electron chi connectivity index (χ4n) is 3.63. The van der Waals surface area contributed by atoms with E-state index in [1.807, 2.05) is 0 Å². The van der Waals surface area contributed by atoms with Gasteiger partial charge in [-0.3, -0.25) is 9.59 Å². The van der Waals surface area contributed by atoms with E-state index < -0.39 is 34.6 Å². The number of amides is 2. The Morgan fingerprint density at radius 1 is 0.919 bits per heavy atom. The summed E-state index contributed by atoms with van der Waals surface area (Å²) >= 11 is 12.2. The minimum Gasteiger partial charge on any atom is -0.423 e. The molecule has 2 amide bonds. The number of nitrogens with one attached hydrogen (secondary N) is 1. The number of carbonyl (C=O) groups excluding carboxylic acids is 3. The van der Waals surface area contributed by atoms with Crippen LogP contribution in [-0.2, 0) is 15.8 Å². The molecule has 6 nitrogen and oxygen atoms in total. The lowest BCUT2D eigenvalue weighted by atomic mass is 10.1. The lowest BCUT2D eigenvalue weighted by molar-refractivity contribution is -0.137. The van der Waals surface area contributed by atoms with Crippen LogP contribution in [0.1, 0.15) is 27.0 Å². The summed E-state index contributed by atoms with van der Waals surface area (Å²) in [6, 6.07) is 12.8. The van der Waals surface area contributed by atoms with Gasteiger partial charge in [0.2, 0.25) is 0 Å². The number of imide groups is 1. The molecule has 0 saturated heterocycles. The second kappa shape index (κ2) is 9.91. The molecule has 1 N–H and O–H groups in total. The van der Waals surface area contributed by atoms with E-state index in [9.17, 15) is 27.6 Å². The molecule has 0 atom stereocenters. The molecule has 0 radical (unpaired) electrons. The average Bonchev–Trinajstić information content (AvgIpc) is 3.05. The lowest BCUT2D eigenvalue weighted by Crippen LogP contribution is -2.32. The van der Waals surface area contributed by atoms with Gasteiger partial charge in [0.25, 0.3) is 11.8 Å². The van der Waals surface area contributed by atoms with Gasteiger partial charge < -0.3 is 10.1 Å². The number of aryl methyl sites for hydroxylation is 2. The van der Waals surface area contributed by atoms with E-state index in [1.165, 1.54) is 30.3 Å². The zero-order valence-corrected chi connectivity index (χ0v) is 20.8. The summed E-state index contributed by atoms with van der Waals surface area (Å²) in [5.41, 5.74) is 0.407. The third-order valence-corrected chi connectivity index (χ3v) is 6.42. The molecule has 11 heteroatoms. The molecule has 190 valence electrons.